The zero-order chi connectivity index (χ0) is 40.1. The van der Waals surface area contributed by atoms with Crippen LogP contribution in [0.1, 0.15) is 49.7 Å². The number of ether oxygens (including phenoxy) is 1. The first-order valence-electron chi connectivity index (χ1n) is 19.8. The van der Waals surface area contributed by atoms with Crippen molar-refractivity contribution < 1.29 is 22.7 Å². The van der Waals surface area contributed by atoms with E-state index < -0.39 is 22.0 Å². The van der Waals surface area contributed by atoms with Crippen LogP contribution in [0.4, 0.5) is 11.5 Å². The van der Waals surface area contributed by atoms with Gasteiger partial charge in [0.1, 0.15) is 23.3 Å². The average molecular weight is 792 g/mol. The lowest BCUT2D eigenvalue weighted by atomic mass is 9.82. The highest BCUT2D eigenvalue weighted by Crippen LogP contribution is 2.33. The van der Waals surface area contributed by atoms with Crippen molar-refractivity contribution in [2.45, 2.75) is 44.9 Å². The standard InChI is InChI=1S/C44H53N7O5S/c1-49(2)29-32-15-13-31(14-16-32)28-46-42(45)34-19-17-30(18-20-34)25-38(44(53)50-23-6-7-24-50)43(52)47-41-27-35-26-36(56-3)21-22-40(35)51(41)57(54,55)48-39-12-8-10-33-9-4-5-11-37(33)39/h4-5,8-12,17-22,26-27,31-32,38,48H,6-7,13-16,23-25,28-29H2,1-3H3,(H2,45,46)(H,47,52). The first-order valence-corrected chi connectivity index (χ1v) is 21.3. The minimum atomic E-state index is -4.35. The Hall–Kier alpha value is -5.40. The Morgan fingerprint density at radius 3 is 2.32 bits per heavy atom. The zero-order valence-corrected chi connectivity index (χ0v) is 33.8. The molecule has 2 heterocycles. The number of hydrogen-bond acceptors (Lipinski definition) is 7. The van der Waals surface area contributed by atoms with E-state index in [0.717, 1.165) is 64.0 Å². The van der Waals surface area contributed by atoms with Gasteiger partial charge in [-0.25, -0.2) is 3.97 Å². The number of anilines is 2. The Labute approximate surface area is 335 Å². The summed E-state index contributed by atoms with van der Waals surface area (Å²) in [6.07, 6.45) is 6.58. The van der Waals surface area contributed by atoms with Crippen LogP contribution in [0.3, 0.4) is 0 Å². The Bertz CT molecular complexity index is 2350. The van der Waals surface area contributed by atoms with Crippen LogP contribution in [-0.2, 0) is 26.2 Å². The van der Waals surface area contributed by atoms with Gasteiger partial charge in [0.05, 0.1) is 18.3 Å². The predicted octanol–water partition coefficient (Wildman–Crippen LogP) is 6.50. The second-order valence-electron chi connectivity index (χ2n) is 15.7. The molecule has 2 fully saturated rings. The van der Waals surface area contributed by atoms with Gasteiger partial charge >= 0.3 is 10.2 Å². The van der Waals surface area contributed by atoms with Gasteiger partial charge < -0.3 is 25.6 Å². The van der Waals surface area contributed by atoms with Crippen molar-refractivity contribution in [1.82, 2.24) is 13.8 Å². The third-order valence-electron chi connectivity index (χ3n) is 11.3. The first-order chi connectivity index (χ1) is 27.5. The van der Waals surface area contributed by atoms with Crippen LogP contribution >= 0.6 is 0 Å². The monoisotopic (exact) mass is 791 g/mol. The summed E-state index contributed by atoms with van der Waals surface area (Å²) in [5, 5.41) is 4.98. The molecule has 1 saturated heterocycles. The number of carbonyl (C=O) groups excluding carboxylic acids is 2. The molecular weight excluding hydrogens is 739 g/mol. The summed E-state index contributed by atoms with van der Waals surface area (Å²) < 4.78 is 37.9. The molecule has 300 valence electrons. The topological polar surface area (TPSA) is 151 Å². The van der Waals surface area contributed by atoms with E-state index >= 15 is 0 Å². The highest BCUT2D eigenvalue weighted by Gasteiger charge is 2.34. The maximum Gasteiger partial charge on any atom is 0.329 e. The van der Waals surface area contributed by atoms with Gasteiger partial charge in [-0.15, -0.1) is 0 Å². The fraction of sp³-hybridized carbons (Fsp3) is 0.386. The van der Waals surface area contributed by atoms with Gasteiger partial charge in [-0.3, -0.25) is 19.3 Å². The molecule has 1 atom stereocenters. The number of nitrogens with zero attached hydrogens (tertiary/aromatic N) is 4. The minimum Gasteiger partial charge on any atom is -0.497 e. The van der Waals surface area contributed by atoms with Crippen molar-refractivity contribution in [3.8, 4) is 5.75 Å². The Morgan fingerprint density at radius 2 is 1.60 bits per heavy atom. The summed E-state index contributed by atoms with van der Waals surface area (Å²) in [6.45, 7) is 2.96. The van der Waals surface area contributed by atoms with E-state index in [-0.39, 0.29) is 18.1 Å². The van der Waals surface area contributed by atoms with E-state index in [0.29, 0.717) is 53.7 Å². The predicted molar refractivity (Wildman–Crippen MR) is 228 cm³/mol. The number of amidine groups is 1. The van der Waals surface area contributed by atoms with Crippen LogP contribution in [0.2, 0.25) is 0 Å². The third kappa shape index (κ3) is 9.26. The number of aromatic nitrogens is 1. The van der Waals surface area contributed by atoms with Crippen LogP contribution in [0.25, 0.3) is 21.7 Å². The lowest BCUT2D eigenvalue weighted by Crippen LogP contribution is -2.41. The van der Waals surface area contributed by atoms with Crippen molar-refractivity contribution in [2.75, 3.05) is 57.4 Å². The number of aliphatic imine (C=N–C) groups is 1. The largest absolute Gasteiger partial charge is 0.497 e. The number of carbonyl (C=O) groups is 2. The fourth-order valence-electron chi connectivity index (χ4n) is 8.28. The lowest BCUT2D eigenvalue weighted by molar-refractivity contribution is -0.139. The van der Waals surface area contributed by atoms with Gasteiger partial charge in [0, 0.05) is 42.5 Å². The molecule has 1 aromatic heterocycles. The SMILES string of the molecule is COc1ccc2c(c1)cc(NC(=O)C(Cc1ccc(C(N)=NCC3CCC(CN(C)C)CC3)cc1)C(=O)N1CCCC1)n2S(=O)(=O)Nc1cccc2ccccc12. The molecule has 4 N–H and O–H groups in total. The molecule has 0 bridgehead atoms. The Kier molecular flexibility index (Phi) is 12.2. The number of fused-ring (bicyclic) bond motifs is 2. The Balaban J connectivity index is 1.12. The fourth-order valence-corrected chi connectivity index (χ4v) is 9.61. The molecule has 2 aliphatic rings. The van der Waals surface area contributed by atoms with E-state index in [4.69, 9.17) is 15.5 Å². The van der Waals surface area contributed by atoms with Crippen molar-refractivity contribution in [3.05, 3.63) is 102 Å². The van der Waals surface area contributed by atoms with Crippen LogP contribution in [0, 0.1) is 17.8 Å². The number of nitrogens with two attached hydrogens (primary N) is 1. The summed E-state index contributed by atoms with van der Waals surface area (Å²) in [7, 11) is 1.44. The molecule has 7 rings (SSSR count). The highest BCUT2D eigenvalue weighted by atomic mass is 32.2. The maximum absolute atomic E-state index is 14.4. The number of nitrogens with one attached hydrogen (secondary N) is 2. The number of methoxy groups -OCH3 is 1. The lowest BCUT2D eigenvalue weighted by Gasteiger charge is -2.29. The molecule has 0 spiro atoms. The number of benzene rings is 4. The van der Waals surface area contributed by atoms with Gasteiger partial charge in [-0.2, -0.15) is 8.42 Å². The third-order valence-corrected chi connectivity index (χ3v) is 12.7. The van der Waals surface area contributed by atoms with Crippen LogP contribution in [0.5, 0.6) is 5.75 Å². The van der Waals surface area contributed by atoms with E-state index in [1.807, 2.05) is 54.6 Å². The number of likely N-dealkylation sites (tertiary alicyclic amines) is 1. The van der Waals surface area contributed by atoms with Crippen molar-refractivity contribution in [1.29, 1.82) is 0 Å². The highest BCUT2D eigenvalue weighted by molar-refractivity contribution is 7.91. The van der Waals surface area contributed by atoms with Crippen molar-refractivity contribution >= 4 is 61.0 Å². The van der Waals surface area contributed by atoms with Crippen LogP contribution < -0.4 is 20.5 Å². The molecule has 4 aromatic carbocycles. The molecule has 2 amide bonds. The van der Waals surface area contributed by atoms with Gasteiger partial charge in [-0.05, 0) is 112 Å². The molecule has 1 aliphatic carbocycles. The number of hydrogen-bond donors (Lipinski definition) is 3. The quantitative estimate of drug-likeness (QED) is 0.0660. The first kappa shape index (κ1) is 39.8. The summed E-state index contributed by atoms with van der Waals surface area (Å²) in [5.41, 5.74) is 8.73. The van der Waals surface area contributed by atoms with Crippen molar-refractivity contribution in [2.24, 2.45) is 28.5 Å². The van der Waals surface area contributed by atoms with Crippen LogP contribution in [-0.4, -0.2) is 87.2 Å². The molecule has 0 radical (unpaired) electrons. The zero-order valence-electron chi connectivity index (χ0n) is 33.0. The molecular formula is C44H53N7O5S. The second-order valence-corrected chi connectivity index (χ2v) is 17.2. The van der Waals surface area contributed by atoms with Crippen LogP contribution in [0.15, 0.2) is 96.0 Å². The van der Waals surface area contributed by atoms with E-state index in [9.17, 15) is 18.0 Å². The second kappa shape index (κ2) is 17.4. The number of amides is 2. The van der Waals surface area contributed by atoms with Gasteiger partial charge in [0.2, 0.25) is 11.8 Å². The van der Waals surface area contributed by atoms with Gasteiger partial charge in [-0.1, -0.05) is 60.7 Å². The summed E-state index contributed by atoms with van der Waals surface area (Å²) >= 11 is 0. The summed E-state index contributed by atoms with van der Waals surface area (Å²) in [6, 6.07) is 27.0. The molecule has 1 saturated carbocycles. The minimum absolute atomic E-state index is 0.000677. The van der Waals surface area contributed by atoms with Crippen molar-refractivity contribution in [3.63, 3.8) is 0 Å². The molecule has 57 heavy (non-hydrogen) atoms. The molecule has 13 heteroatoms. The van der Waals surface area contributed by atoms with E-state index in [1.165, 1.54) is 20.0 Å². The van der Waals surface area contributed by atoms with E-state index in [1.54, 1.807) is 41.3 Å². The average Bonchev–Trinajstić information content (AvgIpc) is 3.88. The Morgan fingerprint density at radius 1 is 0.895 bits per heavy atom. The molecule has 5 aromatic rings. The molecule has 1 unspecified atom stereocenters. The summed E-state index contributed by atoms with van der Waals surface area (Å²) in [5.74, 6) is 0.261. The molecule has 1 aliphatic heterocycles. The van der Waals surface area contributed by atoms with E-state index in [2.05, 4.69) is 29.0 Å². The molecule has 12 nitrogen and oxygen atoms in total. The smallest absolute Gasteiger partial charge is 0.329 e. The normalized spacial score (nSPS) is 18.2. The van der Waals surface area contributed by atoms with Gasteiger partial charge in [0.25, 0.3) is 0 Å². The van der Waals surface area contributed by atoms with Gasteiger partial charge in [0.15, 0.2) is 0 Å². The number of rotatable bonds is 14. The maximum atomic E-state index is 14.4. The summed E-state index contributed by atoms with van der Waals surface area (Å²) in [4.78, 5) is 37.1.